The molecular formula is C13H20N2O2. The fraction of sp³-hybridized carbons (Fsp3) is 0.538. The number of rotatable bonds is 5. The van der Waals surface area contributed by atoms with E-state index in [2.05, 4.69) is 26.1 Å². The number of nitro benzene ring substituents is 1. The van der Waals surface area contributed by atoms with Crippen LogP contribution >= 0.6 is 0 Å². The predicted octanol–water partition coefficient (Wildman–Crippen LogP) is 3.89. The van der Waals surface area contributed by atoms with E-state index in [-0.39, 0.29) is 16.1 Å². The molecule has 0 bridgehead atoms. The van der Waals surface area contributed by atoms with Crippen molar-refractivity contribution >= 4 is 11.4 Å². The quantitative estimate of drug-likeness (QED) is 0.623. The highest BCUT2D eigenvalue weighted by molar-refractivity contribution is 5.54. The molecule has 0 heterocycles. The number of hydrogen-bond donors (Lipinski definition) is 1. The van der Waals surface area contributed by atoms with Crippen LogP contribution in [0.2, 0.25) is 0 Å². The second-order valence-corrected chi connectivity index (χ2v) is 5.02. The molecule has 0 aromatic heterocycles. The van der Waals surface area contributed by atoms with Crippen LogP contribution in [0.3, 0.4) is 0 Å². The van der Waals surface area contributed by atoms with E-state index in [1.165, 1.54) is 0 Å². The summed E-state index contributed by atoms with van der Waals surface area (Å²) < 4.78 is 0. The Kier molecular flexibility index (Phi) is 4.10. The summed E-state index contributed by atoms with van der Waals surface area (Å²) in [5.74, 6) is 0. The van der Waals surface area contributed by atoms with Crippen LogP contribution in [0.4, 0.5) is 11.4 Å². The lowest BCUT2D eigenvalue weighted by atomic mass is 9.98. The molecule has 1 aromatic carbocycles. The number of nitrogens with zero attached hydrogens (tertiary/aromatic N) is 1. The molecule has 0 saturated heterocycles. The van der Waals surface area contributed by atoms with Crippen molar-refractivity contribution in [2.45, 2.75) is 46.1 Å². The SMILES string of the molecule is CCCC(C)(C)Nc1ccc([N+](=O)[O-])c(C)c1. The van der Waals surface area contributed by atoms with Gasteiger partial charge in [0.05, 0.1) is 4.92 Å². The van der Waals surface area contributed by atoms with E-state index in [0.29, 0.717) is 5.56 Å². The standard InChI is InChI=1S/C13H20N2O2/c1-5-8-13(3,4)14-11-6-7-12(15(16)17)10(2)9-11/h6-7,9,14H,5,8H2,1-4H3. The molecule has 0 atom stereocenters. The maximum Gasteiger partial charge on any atom is 0.272 e. The van der Waals surface area contributed by atoms with Crippen molar-refractivity contribution in [1.29, 1.82) is 0 Å². The molecule has 0 aliphatic carbocycles. The monoisotopic (exact) mass is 236 g/mol. The maximum absolute atomic E-state index is 10.7. The fourth-order valence-corrected chi connectivity index (χ4v) is 2.02. The van der Waals surface area contributed by atoms with E-state index in [9.17, 15) is 10.1 Å². The number of benzene rings is 1. The summed E-state index contributed by atoms with van der Waals surface area (Å²) in [5, 5.41) is 14.1. The van der Waals surface area contributed by atoms with Crippen LogP contribution in [0.1, 0.15) is 39.2 Å². The summed E-state index contributed by atoms with van der Waals surface area (Å²) in [5.41, 5.74) is 1.81. The van der Waals surface area contributed by atoms with Gasteiger partial charge in [-0.1, -0.05) is 13.3 Å². The summed E-state index contributed by atoms with van der Waals surface area (Å²) in [6.45, 7) is 8.17. The highest BCUT2D eigenvalue weighted by atomic mass is 16.6. The van der Waals surface area contributed by atoms with Crippen LogP contribution in [0.15, 0.2) is 18.2 Å². The molecule has 94 valence electrons. The summed E-state index contributed by atoms with van der Waals surface area (Å²) in [6, 6.07) is 5.15. The Morgan fingerprint density at radius 2 is 2.06 bits per heavy atom. The first-order valence-corrected chi connectivity index (χ1v) is 5.89. The molecule has 0 spiro atoms. The smallest absolute Gasteiger partial charge is 0.272 e. The van der Waals surface area contributed by atoms with Gasteiger partial charge in [-0.2, -0.15) is 0 Å². The molecule has 0 aliphatic rings. The third-order valence-electron chi connectivity index (χ3n) is 2.75. The zero-order valence-corrected chi connectivity index (χ0v) is 10.9. The highest BCUT2D eigenvalue weighted by Crippen LogP contribution is 2.25. The van der Waals surface area contributed by atoms with Crippen LogP contribution in [-0.2, 0) is 0 Å². The zero-order chi connectivity index (χ0) is 13.1. The van der Waals surface area contributed by atoms with Gasteiger partial charge in [0.15, 0.2) is 0 Å². The third kappa shape index (κ3) is 3.73. The van der Waals surface area contributed by atoms with Gasteiger partial charge in [-0.3, -0.25) is 10.1 Å². The number of nitro groups is 1. The first-order valence-electron chi connectivity index (χ1n) is 5.89. The van der Waals surface area contributed by atoms with Crippen LogP contribution in [0, 0.1) is 17.0 Å². The molecular weight excluding hydrogens is 216 g/mol. The van der Waals surface area contributed by atoms with Crippen molar-refractivity contribution in [2.75, 3.05) is 5.32 Å². The maximum atomic E-state index is 10.7. The summed E-state index contributed by atoms with van der Waals surface area (Å²) >= 11 is 0. The zero-order valence-electron chi connectivity index (χ0n) is 10.9. The van der Waals surface area contributed by atoms with Crippen molar-refractivity contribution in [2.24, 2.45) is 0 Å². The molecule has 1 aromatic rings. The van der Waals surface area contributed by atoms with E-state index < -0.39 is 0 Å². The van der Waals surface area contributed by atoms with Crippen molar-refractivity contribution in [1.82, 2.24) is 0 Å². The molecule has 4 nitrogen and oxygen atoms in total. The average Bonchev–Trinajstić information content (AvgIpc) is 2.15. The Hall–Kier alpha value is -1.58. The van der Waals surface area contributed by atoms with Crippen LogP contribution < -0.4 is 5.32 Å². The molecule has 0 fully saturated rings. The van der Waals surface area contributed by atoms with Crippen molar-refractivity contribution < 1.29 is 4.92 Å². The molecule has 1 rings (SSSR count). The van der Waals surface area contributed by atoms with E-state index in [1.807, 2.05) is 6.07 Å². The minimum absolute atomic E-state index is 0.0112. The summed E-state index contributed by atoms with van der Waals surface area (Å²) in [7, 11) is 0. The van der Waals surface area contributed by atoms with Gasteiger partial charge in [-0.25, -0.2) is 0 Å². The van der Waals surface area contributed by atoms with Crippen molar-refractivity contribution in [3.05, 3.63) is 33.9 Å². The van der Waals surface area contributed by atoms with Gasteiger partial charge in [0.2, 0.25) is 0 Å². The van der Waals surface area contributed by atoms with Gasteiger partial charge in [0.25, 0.3) is 5.69 Å². The van der Waals surface area contributed by atoms with Gasteiger partial charge >= 0.3 is 0 Å². The second kappa shape index (κ2) is 5.17. The van der Waals surface area contributed by atoms with Crippen LogP contribution in [0.25, 0.3) is 0 Å². The Balaban J connectivity index is 2.88. The lowest BCUT2D eigenvalue weighted by molar-refractivity contribution is -0.385. The molecule has 17 heavy (non-hydrogen) atoms. The van der Waals surface area contributed by atoms with Gasteiger partial charge in [-0.05, 0) is 39.3 Å². The van der Waals surface area contributed by atoms with Gasteiger partial charge in [0.1, 0.15) is 0 Å². The van der Waals surface area contributed by atoms with E-state index in [0.717, 1.165) is 18.5 Å². The van der Waals surface area contributed by atoms with Crippen molar-refractivity contribution in [3.8, 4) is 0 Å². The van der Waals surface area contributed by atoms with E-state index in [1.54, 1.807) is 19.1 Å². The van der Waals surface area contributed by atoms with Crippen LogP contribution in [-0.4, -0.2) is 10.5 Å². The lowest BCUT2D eigenvalue weighted by Gasteiger charge is -2.27. The summed E-state index contributed by atoms with van der Waals surface area (Å²) in [6.07, 6.45) is 2.16. The van der Waals surface area contributed by atoms with Crippen LogP contribution in [0.5, 0.6) is 0 Å². The fourth-order valence-electron chi connectivity index (χ4n) is 2.02. The molecule has 0 unspecified atom stereocenters. The Morgan fingerprint density at radius 3 is 2.53 bits per heavy atom. The molecule has 4 heteroatoms. The average molecular weight is 236 g/mol. The molecule has 0 amide bonds. The number of aryl methyl sites for hydroxylation is 1. The predicted molar refractivity (Wildman–Crippen MR) is 70.4 cm³/mol. The largest absolute Gasteiger partial charge is 0.380 e. The summed E-state index contributed by atoms with van der Waals surface area (Å²) in [4.78, 5) is 10.4. The molecule has 0 saturated carbocycles. The van der Waals surface area contributed by atoms with E-state index in [4.69, 9.17) is 0 Å². The first-order chi connectivity index (χ1) is 7.85. The lowest BCUT2D eigenvalue weighted by Crippen LogP contribution is -2.30. The normalized spacial score (nSPS) is 11.3. The highest BCUT2D eigenvalue weighted by Gasteiger charge is 2.17. The number of anilines is 1. The minimum atomic E-state index is -0.351. The molecule has 0 radical (unpaired) electrons. The van der Waals surface area contributed by atoms with Gasteiger partial charge in [0, 0.05) is 22.9 Å². The molecule has 0 aliphatic heterocycles. The Morgan fingerprint density at radius 1 is 1.41 bits per heavy atom. The minimum Gasteiger partial charge on any atom is -0.380 e. The molecule has 1 N–H and O–H groups in total. The number of hydrogen-bond acceptors (Lipinski definition) is 3. The topological polar surface area (TPSA) is 55.2 Å². The van der Waals surface area contributed by atoms with E-state index >= 15 is 0 Å². The second-order valence-electron chi connectivity index (χ2n) is 5.02. The Labute approximate surface area is 102 Å². The first kappa shape index (κ1) is 13.5. The van der Waals surface area contributed by atoms with Gasteiger partial charge < -0.3 is 5.32 Å². The van der Waals surface area contributed by atoms with Crippen molar-refractivity contribution in [3.63, 3.8) is 0 Å². The van der Waals surface area contributed by atoms with Gasteiger partial charge in [-0.15, -0.1) is 0 Å². The Bertz CT molecular complexity index is 414. The third-order valence-corrected chi connectivity index (χ3v) is 2.75. The number of nitrogens with one attached hydrogen (secondary N) is 1.